The number of nitrogens with one attached hydrogen (secondary N) is 1. The Kier molecular flexibility index (Phi) is 6.82. The summed E-state index contributed by atoms with van der Waals surface area (Å²) in [4.78, 5) is 18.1. The summed E-state index contributed by atoms with van der Waals surface area (Å²) < 4.78 is 5.16. The number of aryl methyl sites for hydroxylation is 2. The number of aromatic nitrogens is 2. The molecule has 0 aliphatic heterocycles. The fraction of sp³-hybridized carbons (Fsp3) is 0.286. The summed E-state index contributed by atoms with van der Waals surface area (Å²) in [5, 5.41) is 7.01. The third-order valence-corrected chi connectivity index (χ3v) is 5.90. The first kappa shape index (κ1) is 21.2. The minimum Gasteiger partial charge on any atom is -0.399 e. The number of rotatable bonds is 5. The van der Waals surface area contributed by atoms with E-state index in [0.717, 1.165) is 29.8 Å². The minimum absolute atomic E-state index is 0. The van der Waals surface area contributed by atoms with Crippen LogP contribution in [0.1, 0.15) is 52.1 Å². The number of fused-ring (bicyclic) bond motifs is 1. The lowest BCUT2D eigenvalue weighted by Gasteiger charge is -2.27. The van der Waals surface area contributed by atoms with Gasteiger partial charge < -0.3 is 15.6 Å². The van der Waals surface area contributed by atoms with Crippen LogP contribution in [0.2, 0.25) is 0 Å². The van der Waals surface area contributed by atoms with E-state index in [9.17, 15) is 4.79 Å². The van der Waals surface area contributed by atoms with Crippen LogP contribution in [0.25, 0.3) is 0 Å². The van der Waals surface area contributed by atoms with Crippen LogP contribution in [0.3, 0.4) is 0 Å². The molecule has 1 atom stereocenters. The van der Waals surface area contributed by atoms with Gasteiger partial charge in [0.05, 0.1) is 17.4 Å². The molecule has 3 aromatic rings. The molecular formula is C21H23ClN4O2S. The van der Waals surface area contributed by atoms with E-state index in [4.69, 9.17) is 10.3 Å². The first-order valence-electron chi connectivity index (χ1n) is 9.30. The molecule has 1 heterocycles. The summed E-state index contributed by atoms with van der Waals surface area (Å²) in [7, 11) is 0. The number of benzene rings is 2. The van der Waals surface area contributed by atoms with Crippen LogP contribution >= 0.6 is 24.2 Å². The SMILES string of the molecule is Cc1noc(CSc2ccccc2C(=O)NC2CCCc3cc(N)ccc32)n1.Cl. The number of nitrogens with zero attached hydrogens (tertiary/aromatic N) is 2. The number of carbonyl (C=O) groups excluding carboxylic acids is 1. The van der Waals surface area contributed by atoms with Gasteiger partial charge in [-0.15, -0.1) is 24.2 Å². The summed E-state index contributed by atoms with van der Waals surface area (Å²) in [6, 6.07) is 13.6. The smallest absolute Gasteiger partial charge is 0.252 e. The second-order valence-corrected chi connectivity index (χ2v) is 7.91. The number of nitrogen functional groups attached to an aromatic ring is 1. The Morgan fingerprint density at radius 3 is 2.93 bits per heavy atom. The monoisotopic (exact) mass is 430 g/mol. The van der Waals surface area contributed by atoms with E-state index in [2.05, 4.69) is 15.5 Å². The third-order valence-electron chi connectivity index (χ3n) is 4.84. The molecule has 29 heavy (non-hydrogen) atoms. The lowest BCUT2D eigenvalue weighted by molar-refractivity contribution is 0.0930. The number of nitrogens with two attached hydrogens (primary N) is 1. The van der Waals surface area contributed by atoms with Crippen molar-refractivity contribution in [2.75, 3.05) is 5.73 Å². The number of thioether (sulfide) groups is 1. The third kappa shape index (κ3) is 4.92. The van der Waals surface area contributed by atoms with Crippen LogP contribution in [0.5, 0.6) is 0 Å². The lowest BCUT2D eigenvalue weighted by Crippen LogP contribution is -2.31. The summed E-state index contributed by atoms with van der Waals surface area (Å²) >= 11 is 1.52. The van der Waals surface area contributed by atoms with E-state index in [1.54, 1.807) is 6.92 Å². The summed E-state index contributed by atoms with van der Waals surface area (Å²) in [5.74, 6) is 1.62. The standard InChI is InChI=1S/C21H22N4O2S.ClH/c1-13-23-20(27-25-13)12-28-19-8-3-2-6-17(19)21(26)24-18-7-4-5-14-11-15(22)9-10-16(14)18;/h2-3,6,8-11,18H,4-5,7,12,22H2,1H3,(H,24,26);1H. The van der Waals surface area contributed by atoms with Crippen LogP contribution in [0.15, 0.2) is 51.9 Å². The molecule has 0 radical (unpaired) electrons. The maximum Gasteiger partial charge on any atom is 0.252 e. The number of anilines is 1. The number of hydrogen-bond acceptors (Lipinski definition) is 6. The van der Waals surface area contributed by atoms with E-state index < -0.39 is 0 Å². The van der Waals surface area contributed by atoms with Crippen LogP contribution in [-0.4, -0.2) is 16.0 Å². The Morgan fingerprint density at radius 1 is 1.31 bits per heavy atom. The molecule has 1 unspecified atom stereocenters. The molecule has 1 aromatic heterocycles. The van der Waals surface area contributed by atoms with Gasteiger partial charge in [-0.2, -0.15) is 4.98 Å². The molecule has 152 valence electrons. The van der Waals surface area contributed by atoms with Crippen molar-refractivity contribution in [1.29, 1.82) is 0 Å². The van der Waals surface area contributed by atoms with Crippen molar-refractivity contribution in [1.82, 2.24) is 15.5 Å². The average molecular weight is 431 g/mol. The van der Waals surface area contributed by atoms with Gasteiger partial charge in [-0.1, -0.05) is 23.4 Å². The average Bonchev–Trinajstić information content (AvgIpc) is 3.11. The highest BCUT2D eigenvalue weighted by atomic mass is 35.5. The predicted octanol–water partition coefficient (Wildman–Crippen LogP) is 4.48. The van der Waals surface area contributed by atoms with Gasteiger partial charge in [-0.25, -0.2) is 0 Å². The predicted molar refractivity (Wildman–Crippen MR) is 116 cm³/mol. The Morgan fingerprint density at radius 2 is 2.14 bits per heavy atom. The quantitative estimate of drug-likeness (QED) is 0.457. The molecule has 4 rings (SSSR count). The van der Waals surface area contributed by atoms with Gasteiger partial charge in [0.2, 0.25) is 5.89 Å². The van der Waals surface area contributed by atoms with Gasteiger partial charge in [0, 0.05) is 10.6 Å². The molecule has 8 heteroatoms. The van der Waals surface area contributed by atoms with Gasteiger partial charge in [0.25, 0.3) is 5.91 Å². The number of hydrogen-bond donors (Lipinski definition) is 2. The maximum absolute atomic E-state index is 13.0. The second-order valence-electron chi connectivity index (χ2n) is 6.90. The number of halogens is 1. The highest BCUT2D eigenvalue weighted by Crippen LogP contribution is 2.32. The highest BCUT2D eigenvalue weighted by molar-refractivity contribution is 7.98. The van der Waals surface area contributed by atoms with Gasteiger partial charge >= 0.3 is 0 Å². The molecule has 6 nitrogen and oxygen atoms in total. The largest absolute Gasteiger partial charge is 0.399 e. The second kappa shape index (κ2) is 9.33. The Bertz CT molecular complexity index is 1010. The molecule has 0 saturated heterocycles. The summed E-state index contributed by atoms with van der Waals surface area (Å²) in [6.45, 7) is 1.79. The molecular weight excluding hydrogens is 408 g/mol. The number of amides is 1. The highest BCUT2D eigenvalue weighted by Gasteiger charge is 2.23. The topological polar surface area (TPSA) is 94.0 Å². The van der Waals surface area contributed by atoms with Crippen molar-refractivity contribution in [3.05, 3.63) is 70.9 Å². The first-order chi connectivity index (χ1) is 13.6. The Hall–Kier alpha value is -2.51. The van der Waals surface area contributed by atoms with Crippen molar-refractivity contribution in [2.24, 2.45) is 0 Å². The lowest BCUT2D eigenvalue weighted by atomic mass is 9.87. The van der Waals surface area contributed by atoms with Gasteiger partial charge in [0.15, 0.2) is 5.82 Å². The fourth-order valence-corrected chi connectivity index (χ4v) is 4.43. The van der Waals surface area contributed by atoms with Crippen LogP contribution < -0.4 is 11.1 Å². The van der Waals surface area contributed by atoms with Crippen molar-refractivity contribution >= 4 is 35.8 Å². The molecule has 1 aliphatic carbocycles. The molecule has 0 bridgehead atoms. The van der Waals surface area contributed by atoms with Crippen molar-refractivity contribution in [2.45, 2.75) is 42.9 Å². The minimum atomic E-state index is -0.0699. The maximum atomic E-state index is 13.0. The summed E-state index contributed by atoms with van der Waals surface area (Å²) in [6.07, 6.45) is 2.97. The van der Waals surface area contributed by atoms with E-state index >= 15 is 0 Å². The zero-order chi connectivity index (χ0) is 19.5. The van der Waals surface area contributed by atoms with Crippen LogP contribution in [-0.2, 0) is 12.2 Å². The zero-order valence-electron chi connectivity index (χ0n) is 16.1. The normalized spacial score (nSPS) is 15.3. The molecule has 0 spiro atoms. The Balaban J connectivity index is 0.00000240. The molecule has 0 saturated carbocycles. The first-order valence-corrected chi connectivity index (χ1v) is 10.3. The van der Waals surface area contributed by atoms with Gasteiger partial charge in [-0.3, -0.25) is 4.79 Å². The van der Waals surface area contributed by atoms with Gasteiger partial charge in [-0.05, 0) is 61.6 Å². The molecule has 0 fully saturated rings. The molecule has 1 aliphatic rings. The number of carbonyl (C=O) groups is 1. The van der Waals surface area contributed by atoms with Gasteiger partial charge in [0.1, 0.15) is 0 Å². The zero-order valence-corrected chi connectivity index (χ0v) is 17.7. The molecule has 3 N–H and O–H groups in total. The van der Waals surface area contributed by atoms with Crippen molar-refractivity contribution in [3.63, 3.8) is 0 Å². The van der Waals surface area contributed by atoms with E-state index in [1.807, 2.05) is 42.5 Å². The summed E-state index contributed by atoms with van der Waals surface area (Å²) in [5.41, 5.74) is 9.74. The Labute approximate surface area is 180 Å². The van der Waals surface area contributed by atoms with E-state index in [1.165, 1.54) is 22.9 Å². The van der Waals surface area contributed by atoms with Crippen molar-refractivity contribution in [3.8, 4) is 0 Å². The van der Waals surface area contributed by atoms with E-state index in [0.29, 0.717) is 23.0 Å². The van der Waals surface area contributed by atoms with Crippen LogP contribution in [0, 0.1) is 6.92 Å². The molecule has 1 amide bonds. The van der Waals surface area contributed by atoms with Crippen molar-refractivity contribution < 1.29 is 9.32 Å². The van der Waals surface area contributed by atoms with Crippen LogP contribution in [0.4, 0.5) is 5.69 Å². The molecule has 2 aromatic carbocycles. The fourth-order valence-electron chi connectivity index (χ4n) is 3.54. The van der Waals surface area contributed by atoms with E-state index in [-0.39, 0.29) is 24.4 Å².